The molecule has 2 saturated heterocycles. The summed E-state index contributed by atoms with van der Waals surface area (Å²) in [5, 5.41) is 23.2. The Morgan fingerprint density at radius 3 is 2.63 bits per heavy atom. The predicted molar refractivity (Wildman–Crippen MR) is 137 cm³/mol. The highest BCUT2D eigenvalue weighted by Crippen LogP contribution is 2.37. The van der Waals surface area contributed by atoms with E-state index in [-0.39, 0.29) is 53.0 Å². The average Bonchev–Trinajstić information content (AvgIpc) is 3.73. The number of nitrogens with zero attached hydrogens (tertiary/aromatic N) is 5. The number of likely N-dealkylation sites (tertiary alicyclic amines) is 1. The summed E-state index contributed by atoms with van der Waals surface area (Å²) in [6.45, 7) is 0.840. The zero-order chi connectivity index (χ0) is 30.3. The van der Waals surface area contributed by atoms with E-state index in [1.165, 1.54) is 41.2 Å². The summed E-state index contributed by atoms with van der Waals surface area (Å²) in [6, 6.07) is 3.87. The number of aliphatic hydroxyl groups excluding tert-OH is 1. The van der Waals surface area contributed by atoms with Crippen LogP contribution in [0.5, 0.6) is 17.4 Å². The van der Waals surface area contributed by atoms with Gasteiger partial charge in [0.1, 0.15) is 35.5 Å². The van der Waals surface area contributed by atoms with Crippen LogP contribution in [0.1, 0.15) is 35.3 Å². The second-order valence-electron chi connectivity index (χ2n) is 10.1. The van der Waals surface area contributed by atoms with E-state index < -0.39 is 41.9 Å². The van der Waals surface area contributed by atoms with Crippen LogP contribution >= 0.6 is 0 Å². The molecule has 1 amide bonds. The SMILES string of the molecule is O=C(OC1CCN(C(=O)[C@@H]2C[C@@H](O)CO2)CC1)c1ccc(Oc2nccn3c(-c4conc4C(F)(F)F)cnc23)cc1O. The number of aliphatic hydroxyl groups is 1. The van der Waals surface area contributed by atoms with Crippen molar-refractivity contribution in [3.05, 3.63) is 54.3 Å². The van der Waals surface area contributed by atoms with Gasteiger partial charge in [-0.3, -0.25) is 9.20 Å². The number of piperidine rings is 1. The number of fused-ring (bicyclic) bond motifs is 1. The molecule has 2 aliphatic heterocycles. The monoisotopic (exact) mass is 603 g/mol. The summed E-state index contributed by atoms with van der Waals surface area (Å²) in [5.41, 5.74) is -1.52. The normalized spacial score (nSPS) is 19.6. The number of aromatic hydroxyl groups is 1. The fourth-order valence-corrected chi connectivity index (χ4v) is 5.04. The van der Waals surface area contributed by atoms with Gasteiger partial charge in [0.05, 0.1) is 30.2 Å². The Balaban J connectivity index is 1.10. The van der Waals surface area contributed by atoms with Crippen molar-refractivity contribution < 1.29 is 51.7 Å². The molecule has 2 fully saturated rings. The number of phenolic OH excluding ortho intramolecular Hbond substituents is 1. The first kappa shape index (κ1) is 28.4. The topological polar surface area (TPSA) is 162 Å². The van der Waals surface area contributed by atoms with Crippen molar-refractivity contribution >= 4 is 17.5 Å². The third-order valence-electron chi connectivity index (χ3n) is 7.19. The van der Waals surface area contributed by atoms with Crippen LogP contribution in [-0.4, -0.2) is 84.5 Å². The van der Waals surface area contributed by atoms with Crippen LogP contribution in [-0.2, 0) is 20.4 Å². The Bertz CT molecular complexity index is 1660. The molecule has 13 nitrogen and oxygen atoms in total. The highest BCUT2D eigenvalue weighted by Gasteiger charge is 2.39. The molecule has 3 aromatic heterocycles. The lowest BCUT2D eigenvalue weighted by atomic mass is 10.1. The summed E-state index contributed by atoms with van der Waals surface area (Å²) in [4.78, 5) is 35.2. The number of hydrogen-bond acceptors (Lipinski definition) is 11. The number of carbonyl (C=O) groups is 2. The van der Waals surface area contributed by atoms with Gasteiger partial charge in [-0.05, 0) is 12.1 Å². The van der Waals surface area contributed by atoms with Crippen LogP contribution in [0, 0.1) is 0 Å². The van der Waals surface area contributed by atoms with Crippen LogP contribution in [0.4, 0.5) is 13.2 Å². The van der Waals surface area contributed by atoms with Gasteiger partial charge in [0.15, 0.2) is 5.69 Å². The number of rotatable bonds is 6. The number of benzene rings is 1. The van der Waals surface area contributed by atoms with Gasteiger partial charge >= 0.3 is 12.1 Å². The van der Waals surface area contributed by atoms with Gasteiger partial charge in [0.2, 0.25) is 5.65 Å². The van der Waals surface area contributed by atoms with Crippen LogP contribution in [0.3, 0.4) is 0 Å². The number of esters is 1. The molecule has 2 atom stereocenters. The number of imidazole rings is 1. The maximum Gasteiger partial charge on any atom is 0.437 e. The predicted octanol–water partition coefficient (Wildman–Crippen LogP) is 3.20. The molecule has 2 N–H and O–H groups in total. The van der Waals surface area contributed by atoms with E-state index in [0.29, 0.717) is 25.9 Å². The molecular formula is C27H24F3N5O8. The lowest BCUT2D eigenvalue weighted by molar-refractivity contribution is -0.143. The van der Waals surface area contributed by atoms with Gasteiger partial charge in [-0.1, -0.05) is 5.16 Å². The molecule has 4 aromatic rings. The number of hydrogen-bond donors (Lipinski definition) is 2. The van der Waals surface area contributed by atoms with Crippen molar-refractivity contribution in [2.75, 3.05) is 19.7 Å². The quantitative estimate of drug-likeness (QED) is 0.311. The van der Waals surface area contributed by atoms with Crippen molar-refractivity contribution in [1.82, 2.24) is 24.4 Å². The number of amides is 1. The number of ether oxygens (including phenoxy) is 3. The molecule has 226 valence electrons. The minimum atomic E-state index is -4.74. The minimum Gasteiger partial charge on any atom is -0.507 e. The Labute approximate surface area is 240 Å². The van der Waals surface area contributed by atoms with E-state index in [1.54, 1.807) is 4.90 Å². The number of phenols is 1. The van der Waals surface area contributed by atoms with E-state index in [9.17, 15) is 33.0 Å². The fraction of sp³-hybridized carbons (Fsp3) is 0.370. The van der Waals surface area contributed by atoms with Crippen LogP contribution < -0.4 is 4.74 Å². The summed E-state index contributed by atoms with van der Waals surface area (Å²) >= 11 is 0. The van der Waals surface area contributed by atoms with Crippen molar-refractivity contribution in [3.8, 4) is 28.6 Å². The van der Waals surface area contributed by atoms with Gasteiger partial charge in [0.25, 0.3) is 11.8 Å². The first-order chi connectivity index (χ1) is 20.6. The molecular weight excluding hydrogens is 579 g/mol. The molecule has 1 aromatic carbocycles. The molecule has 5 heterocycles. The second-order valence-corrected chi connectivity index (χ2v) is 10.1. The first-order valence-electron chi connectivity index (χ1n) is 13.2. The van der Waals surface area contributed by atoms with Gasteiger partial charge in [0, 0.05) is 50.8 Å². The Kier molecular flexibility index (Phi) is 7.39. The number of alkyl halides is 3. The Hall–Kier alpha value is -4.70. The van der Waals surface area contributed by atoms with E-state index in [4.69, 9.17) is 14.2 Å². The molecule has 0 aliphatic carbocycles. The minimum absolute atomic E-state index is 0.0395. The maximum absolute atomic E-state index is 13.3. The lowest BCUT2D eigenvalue weighted by Gasteiger charge is -2.33. The Morgan fingerprint density at radius 2 is 1.93 bits per heavy atom. The van der Waals surface area contributed by atoms with Gasteiger partial charge in [-0.2, -0.15) is 13.2 Å². The second kappa shape index (κ2) is 11.2. The molecule has 2 aliphatic rings. The van der Waals surface area contributed by atoms with Crippen molar-refractivity contribution in [2.45, 2.75) is 43.8 Å². The average molecular weight is 604 g/mol. The molecule has 0 unspecified atom stereocenters. The van der Waals surface area contributed by atoms with Crippen LogP contribution in [0.2, 0.25) is 0 Å². The van der Waals surface area contributed by atoms with Gasteiger partial charge < -0.3 is 33.8 Å². The van der Waals surface area contributed by atoms with Crippen LogP contribution in [0.15, 0.2) is 47.6 Å². The number of carbonyl (C=O) groups excluding carboxylic acids is 2. The molecule has 0 saturated carbocycles. The standard InChI is InChI=1S/C27H24F3N5O8/c28-27(29,30)22-18(13-41-33-22)19-11-32-23-24(31-5-8-35(19)23)42-16-1-2-17(20(37)10-16)26(39)43-15-3-6-34(7-4-15)25(38)21-9-14(36)12-40-21/h1-2,5,8,10-11,13-15,21,36-37H,3-4,6-7,9,12H2/t14-,21+/m1/s1. The fourth-order valence-electron chi connectivity index (χ4n) is 5.04. The lowest BCUT2D eigenvalue weighted by Crippen LogP contribution is -2.45. The summed E-state index contributed by atoms with van der Waals surface area (Å²) < 4.78 is 62.5. The molecule has 43 heavy (non-hydrogen) atoms. The summed E-state index contributed by atoms with van der Waals surface area (Å²) in [6.07, 6.45) is -0.739. The highest BCUT2D eigenvalue weighted by molar-refractivity contribution is 5.92. The highest BCUT2D eigenvalue weighted by atomic mass is 19.4. The van der Waals surface area contributed by atoms with E-state index in [1.807, 2.05) is 0 Å². The summed E-state index contributed by atoms with van der Waals surface area (Å²) in [5.74, 6) is -1.39. The first-order valence-corrected chi connectivity index (χ1v) is 13.2. The third-order valence-corrected chi connectivity index (χ3v) is 7.19. The van der Waals surface area contributed by atoms with Crippen molar-refractivity contribution in [1.29, 1.82) is 0 Å². The number of halogens is 3. The molecule has 0 spiro atoms. The van der Waals surface area contributed by atoms with E-state index >= 15 is 0 Å². The van der Waals surface area contributed by atoms with Crippen LogP contribution in [0.25, 0.3) is 16.9 Å². The molecule has 6 rings (SSSR count). The van der Waals surface area contributed by atoms with Crippen molar-refractivity contribution in [3.63, 3.8) is 0 Å². The van der Waals surface area contributed by atoms with Gasteiger partial charge in [-0.25, -0.2) is 14.8 Å². The Morgan fingerprint density at radius 1 is 1.14 bits per heavy atom. The molecule has 0 bridgehead atoms. The van der Waals surface area contributed by atoms with E-state index in [2.05, 4.69) is 19.6 Å². The maximum atomic E-state index is 13.3. The zero-order valence-corrected chi connectivity index (χ0v) is 22.2. The molecule has 0 radical (unpaired) electrons. The van der Waals surface area contributed by atoms with E-state index in [0.717, 1.165) is 6.26 Å². The van der Waals surface area contributed by atoms with Gasteiger partial charge in [-0.15, -0.1) is 0 Å². The third kappa shape index (κ3) is 5.70. The zero-order valence-electron chi connectivity index (χ0n) is 22.2. The largest absolute Gasteiger partial charge is 0.507 e. The van der Waals surface area contributed by atoms with Crippen molar-refractivity contribution in [2.24, 2.45) is 0 Å². The number of aromatic nitrogens is 4. The summed E-state index contributed by atoms with van der Waals surface area (Å²) in [7, 11) is 0. The molecule has 16 heteroatoms. The smallest absolute Gasteiger partial charge is 0.437 e.